The van der Waals surface area contributed by atoms with Gasteiger partial charge in [-0.1, -0.05) is 11.6 Å². The van der Waals surface area contributed by atoms with Crippen molar-refractivity contribution in [3.63, 3.8) is 0 Å². The molecule has 0 aromatic heterocycles. The highest BCUT2D eigenvalue weighted by Gasteiger charge is 2.23. The molecule has 1 amide bonds. The molecule has 0 bridgehead atoms. The summed E-state index contributed by atoms with van der Waals surface area (Å²) in [5.74, 6) is -0.677. The van der Waals surface area contributed by atoms with E-state index in [2.05, 4.69) is 5.32 Å². The van der Waals surface area contributed by atoms with E-state index >= 15 is 0 Å². The van der Waals surface area contributed by atoms with Gasteiger partial charge in [-0.05, 0) is 36.6 Å². The summed E-state index contributed by atoms with van der Waals surface area (Å²) in [6.45, 7) is -0.481. The van der Waals surface area contributed by atoms with Gasteiger partial charge in [-0.2, -0.15) is 4.31 Å². The summed E-state index contributed by atoms with van der Waals surface area (Å²) in [6, 6.07) is 9.87. The molecule has 0 saturated heterocycles. The normalized spacial score (nSPS) is 11.4. The second kappa shape index (κ2) is 8.70. The third kappa shape index (κ3) is 5.19. The first kappa shape index (κ1) is 21.2. The van der Waals surface area contributed by atoms with Gasteiger partial charge in [0.15, 0.2) is 0 Å². The van der Waals surface area contributed by atoms with Crippen molar-refractivity contribution in [1.29, 1.82) is 0 Å². The van der Waals surface area contributed by atoms with Gasteiger partial charge in [0, 0.05) is 24.1 Å². The van der Waals surface area contributed by atoms with Gasteiger partial charge in [0.05, 0.1) is 27.1 Å². The minimum absolute atomic E-state index is 0.0333. The summed E-state index contributed by atoms with van der Waals surface area (Å²) in [5, 5.41) is 13.3. The number of anilines is 1. The fourth-order valence-electron chi connectivity index (χ4n) is 2.13. The molecule has 0 heterocycles. The molecular formula is C16H16ClN3O5S2. The summed E-state index contributed by atoms with van der Waals surface area (Å²) >= 11 is 7.40. The Morgan fingerprint density at radius 2 is 1.89 bits per heavy atom. The van der Waals surface area contributed by atoms with Gasteiger partial charge in [-0.3, -0.25) is 14.9 Å². The fourth-order valence-corrected chi connectivity index (χ4v) is 3.83. The van der Waals surface area contributed by atoms with Gasteiger partial charge >= 0.3 is 0 Å². The molecule has 2 aromatic carbocycles. The van der Waals surface area contributed by atoms with Gasteiger partial charge in [-0.15, -0.1) is 11.8 Å². The van der Waals surface area contributed by atoms with E-state index in [4.69, 9.17) is 11.6 Å². The monoisotopic (exact) mass is 429 g/mol. The molecule has 0 aliphatic heterocycles. The van der Waals surface area contributed by atoms with E-state index in [0.29, 0.717) is 0 Å². The molecule has 2 rings (SSSR count). The summed E-state index contributed by atoms with van der Waals surface area (Å²) < 4.78 is 26.0. The van der Waals surface area contributed by atoms with Crippen LogP contribution in [0.2, 0.25) is 5.02 Å². The number of carbonyl (C=O) groups is 1. The predicted molar refractivity (Wildman–Crippen MR) is 105 cm³/mol. The number of nitrogens with one attached hydrogen (secondary N) is 1. The maximum Gasteiger partial charge on any atom is 0.271 e. The molecule has 0 atom stereocenters. The highest BCUT2D eigenvalue weighted by molar-refractivity contribution is 7.98. The van der Waals surface area contributed by atoms with Gasteiger partial charge in [-0.25, -0.2) is 8.42 Å². The zero-order valence-electron chi connectivity index (χ0n) is 14.4. The summed E-state index contributed by atoms with van der Waals surface area (Å²) in [7, 11) is -2.59. The van der Waals surface area contributed by atoms with E-state index in [0.717, 1.165) is 15.3 Å². The van der Waals surface area contributed by atoms with Crippen molar-refractivity contribution in [2.45, 2.75) is 9.79 Å². The number of halogens is 1. The lowest BCUT2D eigenvalue weighted by Crippen LogP contribution is -2.35. The highest BCUT2D eigenvalue weighted by Crippen LogP contribution is 2.27. The standard InChI is InChI=1S/C16H16ClN3O5S2/c1-19(27(24,25)13-6-4-12(26-2)5-7-13)10-16(21)18-15-9-11(20(22)23)3-8-14(15)17/h3-9H,10H2,1-2H3,(H,18,21). The molecule has 0 aliphatic rings. The number of sulfonamides is 1. The van der Waals surface area contributed by atoms with E-state index < -0.39 is 27.4 Å². The largest absolute Gasteiger partial charge is 0.323 e. The number of non-ortho nitro benzene ring substituents is 1. The number of thioether (sulfide) groups is 1. The highest BCUT2D eigenvalue weighted by atomic mass is 35.5. The maximum absolute atomic E-state index is 12.6. The quantitative estimate of drug-likeness (QED) is 0.411. The second-order valence-electron chi connectivity index (χ2n) is 5.41. The number of hydrogen-bond donors (Lipinski definition) is 1. The van der Waals surface area contributed by atoms with Crippen LogP contribution in [0.1, 0.15) is 0 Å². The molecule has 0 aliphatic carbocycles. The Hall–Kier alpha value is -2.14. The van der Waals surface area contributed by atoms with Crippen molar-refractivity contribution in [3.05, 3.63) is 57.6 Å². The SMILES string of the molecule is CSc1ccc(S(=O)(=O)N(C)CC(=O)Nc2cc([N+](=O)[O-])ccc2Cl)cc1. The number of carbonyl (C=O) groups excluding carboxylic acids is 1. The average Bonchev–Trinajstić information content (AvgIpc) is 2.63. The van der Waals surface area contributed by atoms with Gasteiger partial charge in [0.1, 0.15) is 0 Å². The van der Waals surface area contributed by atoms with E-state index in [1.54, 1.807) is 12.1 Å². The van der Waals surface area contributed by atoms with Crippen LogP contribution in [0.25, 0.3) is 0 Å². The molecule has 0 radical (unpaired) electrons. The molecule has 144 valence electrons. The number of rotatable bonds is 7. The minimum Gasteiger partial charge on any atom is -0.323 e. The first-order valence-corrected chi connectivity index (χ1v) is 10.5. The molecule has 27 heavy (non-hydrogen) atoms. The molecule has 2 aromatic rings. The van der Waals surface area contributed by atoms with Crippen LogP contribution in [-0.4, -0.2) is 43.4 Å². The number of likely N-dealkylation sites (N-methyl/N-ethyl adjacent to an activating group) is 1. The molecule has 0 saturated carbocycles. The van der Waals surface area contributed by atoms with Crippen LogP contribution in [0.15, 0.2) is 52.3 Å². The zero-order chi connectivity index (χ0) is 20.2. The van der Waals surface area contributed by atoms with Crippen molar-refractivity contribution in [1.82, 2.24) is 4.31 Å². The van der Waals surface area contributed by atoms with E-state index in [-0.39, 0.29) is 21.3 Å². The number of nitro benzene ring substituents is 1. The molecule has 0 unspecified atom stereocenters. The Morgan fingerprint density at radius 3 is 2.44 bits per heavy atom. The van der Waals surface area contributed by atoms with Crippen molar-refractivity contribution >= 4 is 50.7 Å². The van der Waals surface area contributed by atoms with Crippen LogP contribution in [-0.2, 0) is 14.8 Å². The van der Waals surface area contributed by atoms with Gasteiger partial charge in [0.25, 0.3) is 5.69 Å². The third-order valence-electron chi connectivity index (χ3n) is 3.57. The molecule has 1 N–H and O–H groups in total. The Labute approximate surface area is 165 Å². The Balaban J connectivity index is 2.12. The van der Waals surface area contributed by atoms with Crippen LogP contribution in [0.3, 0.4) is 0 Å². The predicted octanol–water partition coefficient (Wildman–Crippen LogP) is 3.23. The van der Waals surface area contributed by atoms with Gasteiger partial charge in [0.2, 0.25) is 15.9 Å². The van der Waals surface area contributed by atoms with E-state index in [1.807, 2.05) is 6.26 Å². The van der Waals surface area contributed by atoms with Gasteiger partial charge < -0.3 is 5.32 Å². The smallest absolute Gasteiger partial charge is 0.271 e. The van der Waals surface area contributed by atoms with Crippen LogP contribution in [0.5, 0.6) is 0 Å². The molecule has 8 nitrogen and oxygen atoms in total. The van der Waals surface area contributed by atoms with E-state index in [1.165, 1.54) is 43.1 Å². The first-order chi connectivity index (χ1) is 12.6. The number of benzene rings is 2. The lowest BCUT2D eigenvalue weighted by molar-refractivity contribution is -0.384. The average molecular weight is 430 g/mol. The zero-order valence-corrected chi connectivity index (χ0v) is 16.8. The Kier molecular flexibility index (Phi) is 6.82. The van der Waals surface area contributed by atoms with Crippen LogP contribution in [0, 0.1) is 10.1 Å². The summed E-state index contributed by atoms with van der Waals surface area (Å²) in [4.78, 5) is 23.4. The van der Waals surface area contributed by atoms with Crippen molar-refractivity contribution in [2.24, 2.45) is 0 Å². The van der Waals surface area contributed by atoms with Crippen LogP contribution < -0.4 is 5.32 Å². The van der Waals surface area contributed by atoms with Crippen molar-refractivity contribution in [2.75, 3.05) is 25.2 Å². The number of hydrogen-bond acceptors (Lipinski definition) is 6. The van der Waals surface area contributed by atoms with Crippen LogP contribution >= 0.6 is 23.4 Å². The molecule has 11 heteroatoms. The lowest BCUT2D eigenvalue weighted by atomic mass is 10.3. The number of nitrogens with zero attached hydrogens (tertiary/aromatic N) is 2. The topological polar surface area (TPSA) is 110 Å². The Bertz CT molecular complexity index is 965. The molecule has 0 fully saturated rings. The minimum atomic E-state index is -3.86. The van der Waals surface area contributed by atoms with Crippen molar-refractivity contribution in [3.8, 4) is 0 Å². The number of nitro groups is 1. The van der Waals surface area contributed by atoms with Crippen LogP contribution in [0.4, 0.5) is 11.4 Å². The third-order valence-corrected chi connectivity index (χ3v) is 6.46. The summed E-state index contributed by atoms with van der Waals surface area (Å²) in [6.07, 6.45) is 1.87. The Morgan fingerprint density at radius 1 is 1.26 bits per heavy atom. The van der Waals surface area contributed by atoms with E-state index in [9.17, 15) is 23.3 Å². The second-order valence-corrected chi connectivity index (χ2v) is 8.74. The molecular weight excluding hydrogens is 414 g/mol. The summed E-state index contributed by atoms with van der Waals surface area (Å²) in [5.41, 5.74) is -0.212. The van der Waals surface area contributed by atoms with Crippen molar-refractivity contribution < 1.29 is 18.1 Å². The first-order valence-electron chi connectivity index (χ1n) is 7.49. The lowest BCUT2D eigenvalue weighted by Gasteiger charge is -2.17. The fraction of sp³-hybridized carbons (Fsp3) is 0.188. The maximum atomic E-state index is 12.6. The number of amides is 1. The molecule has 0 spiro atoms.